The summed E-state index contributed by atoms with van der Waals surface area (Å²) >= 11 is 1.40. The highest BCUT2D eigenvalue weighted by atomic mass is 32.1. The Bertz CT molecular complexity index is 992. The lowest BCUT2D eigenvalue weighted by atomic mass is 9.91. The van der Waals surface area contributed by atoms with Gasteiger partial charge in [-0.1, -0.05) is 29.4 Å². The van der Waals surface area contributed by atoms with Crippen molar-refractivity contribution < 1.29 is 18.7 Å². The summed E-state index contributed by atoms with van der Waals surface area (Å²) < 4.78 is 10.1. The van der Waals surface area contributed by atoms with Crippen LogP contribution in [0.3, 0.4) is 0 Å². The van der Waals surface area contributed by atoms with Gasteiger partial charge in [-0.2, -0.15) is 0 Å². The van der Waals surface area contributed by atoms with Crippen molar-refractivity contribution in [3.05, 3.63) is 52.2 Å². The highest BCUT2D eigenvalue weighted by molar-refractivity contribution is 7.17. The van der Waals surface area contributed by atoms with Crippen molar-refractivity contribution in [3.63, 3.8) is 0 Å². The molecule has 1 aromatic carbocycles. The highest BCUT2D eigenvalue weighted by Gasteiger charge is 2.22. The van der Waals surface area contributed by atoms with E-state index in [0.717, 1.165) is 23.3 Å². The van der Waals surface area contributed by atoms with Gasteiger partial charge in [0.2, 0.25) is 5.89 Å². The molecule has 0 spiro atoms. The number of aromatic nitrogens is 2. The summed E-state index contributed by atoms with van der Waals surface area (Å²) in [4.78, 5) is 25.7. The smallest absolute Gasteiger partial charge is 0.348 e. The Morgan fingerprint density at radius 2 is 2.04 bits per heavy atom. The van der Waals surface area contributed by atoms with Gasteiger partial charge in [0.25, 0.3) is 5.91 Å². The van der Waals surface area contributed by atoms with Gasteiger partial charge < -0.3 is 9.15 Å². The molecule has 0 saturated heterocycles. The molecule has 8 heteroatoms. The van der Waals surface area contributed by atoms with Crippen molar-refractivity contribution in [1.29, 1.82) is 0 Å². The molecule has 7 nitrogen and oxygen atoms in total. The largest absolute Gasteiger partial charge is 0.451 e. The number of carbonyl (C=O) groups excluding carboxylic acids is 2. The second-order valence-electron chi connectivity index (χ2n) is 5.87. The van der Waals surface area contributed by atoms with E-state index in [-0.39, 0.29) is 6.01 Å². The second-order valence-corrected chi connectivity index (χ2v) is 6.92. The van der Waals surface area contributed by atoms with Gasteiger partial charge in [0.15, 0.2) is 6.61 Å². The molecule has 26 heavy (non-hydrogen) atoms. The minimum Gasteiger partial charge on any atom is -0.451 e. The zero-order valence-electron chi connectivity index (χ0n) is 13.9. The number of benzene rings is 1. The molecule has 0 aliphatic heterocycles. The number of nitrogens with one attached hydrogen (secondary N) is 1. The van der Waals surface area contributed by atoms with E-state index in [9.17, 15) is 9.59 Å². The second kappa shape index (κ2) is 6.72. The fourth-order valence-electron chi connectivity index (χ4n) is 2.88. The third-order valence-corrected chi connectivity index (χ3v) is 5.23. The molecular formula is C18H15N3O4S. The van der Waals surface area contributed by atoms with Crippen LogP contribution in [0, 0.1) is 6.92 Å². The fourth-order valence-corrected chi connectivity index (χ4v) is 4.04. The van der Waals surface area contributed by atoms with Crippen LogP contribution in [0.1, 0.15) is 26.7 Å². The van der Waals surface area contributed by atoms with Crippen molar-refractivity contribution in [2.45, 2.75) is 19.8 Å². The third kappa shape index (κ3) is 3.23. The molecule has 2 heterocycles. The number of hydrogen-bond donors (Lipinski definition) is 1. The van der Waals surface area contributed by atoms with Crippen LogP contribution in [-0.2, 0) is 22.4 Å². The Morgan fingerprint density at radius 3 is 2.85 bits per heavy atom. The van der Waals surface area contributed by atoms with E-state index in [4.69, 9.17) is 9.15 Å². The number of carbonyl (C=O) groups is 2. The number of ether oxygens (including phenoxy) is 1. The summed E-state index contributed by atoms with van der Waals surface area (Å²) in [6, 6.07) is 10.0. The third-order valence-electron chi connectivity index (χ3n) is 4.04. The molecule has 1 N–H and O–H groups in total. The topological polar surface area (TPSA) is 94.3 Å². The number of nitrogens with zero attached hydrogens (tertiary/aromatic N) is 2. The molecule has 0 radical (unpaired) electrons. The zero-order valence-corrected chi connectivity index (χ0v) is 14.8. The Labute approximate surface area is 153 Å². The number of esters is 1. The minimum atomic E-state index is -0.534. The quantitative estimate of drug-likeness (QED) is 0.711. The number of fused-ring (bicyclic) bond motifs is 3. The van der Waals surface area contributed by atoms with E-state index >= 15 is 0 Å². The van der Waals surface area contributed by atoms with E-state index in [1.54, 1.807) is 6.92 Å². The van der Waals surface area contributed by atoms with Crippen molar-refractivity contribution in [2.75, 3.05) is 11.9 Å². The molecule has 0 unspecified atom stereocenters. The first-order chi connectivity index (χ1) is 12.6. The van der Waals surface area contributed by atoms with Crippen molar-refractivity contribution in [1.82, 2.24) is 10.2 Å². The van der Waals surface area contributed by atoms with Crippen LogP contribution in [-0.4, -0.2) is 28.7 Å². The van der Waals surface area contributed by atoms with Crippen LogP contribution < -0.4 is 5.32 Å². The first kappa shape index (κ1) is 16.5. The van der Waals surface area contributed by atoms with Crippen molar-refractivity contribution in [2.24, 2.45) is 0 Å². The molecule has 4 rings (SSSR count). The van der Waals surface area contributed by atoms with Crippen molar-refractivity contribution >= 4 is 29.2 Å². The van der Waals surface area contributed by atoms with Gasteiger partial charge in [0, 0.05) is 11.8 Å². The molecule has 0 bridgehead atoms. The molecule has 3 aromatic rings. The van der Waals surface area contributed by atoms with Gasteiger partial charge in [-0.15, -0.1) is 16.4 Å². The Hall–Kier alpha value is -3.00. The Kier molecular flexibility index (Phi) is 4.26. The number of aryl methyl sites for hydroxylation is 3. The van der Waals surface area contributed by atoms with Crippen molar-refractivity contribution in [3.8, 4) is 10.4 Å². The molecule has 0 saturated carbocycles. The molecule has 0 fully saturated rings. The van der Waals surface area contributed by atoms with Gasteiger partial charge in [0.1, 0.15) is 4.88 Å². The van der Waals surface area contributed by atoms with Gasteiger partial charge in [-0.05, 0) is 35.6 Å². The number of thiophene rings is 1. The van der Waals surface area contributed by atoms with Gasteiger partial charge in [0.05, 0.1) is 0 Å². The van der Waals surface area contributed by atoms with Gasteiger partial charge in [-0.25, -0.2) is 4.79 Å². The monoisotopic (exact) mass is 369 g/mol. The van der Waals surface area contributed by atoms with Crippen LogP contribution in [0.2, 0.25) is 0 Å². The van der Waals surface area contributed by atoms with Gasteiger partial charge >= 0.3 is 12.0 Å². The number of hydrogen-bond acceptors (Lipinski definition) is 7. The average Bonchev–Trinajstić information content (AvgIpc) is 3.26. The lowest BCUT2D eigenvalue weighted by Gasteiger charge is -2.15. The molecule has 0 atom stereocenters. The van der Waals surface area contributed by atoms with Crippen LogP contribution >= 0.6 is 11.3 Å². The summed E-state index contributed by atoms with van der Waals surface area (Å²) in [5.74, 6) is -0.714. The first-order valence-electron chi connectivity index (χ1n) is 8.08. The lowest BCUT2D eigenvalue weighted by molar-refractivity contribution is -0.119. The SMILES string of the molecule is Cc1nnc(NC(=O)COC(=O)c2cc3c(s2)-c2ccccc2CC3)o1. The Balaban J connectivity index is 1.42. The number of anilines is 1. The molecule has 1 aliphatic carbocycles. The summed E-state index contributed by atoms with van der Waals surface area (Å²) in [5, 5.41) is 9.63. The Morgan fingerprint density at radius 1 is 1.23 bits per heavy atom. The lowest BCUT2D eigenvalue weighted by Crippen LogP contribution is -2.20. The summed E-state index contributed by atoms with van der Waals surface area (Å²) in [7, 11) is 0. The normalized spacial score (nSPS) is 12.2. The minimum absolute atomic E-state index is 0.0215. The predicted octanol–water partition coefficient (Wildman–Crippen LogP) is 3.00. The van der Waals surface area contributed by atoms with E-state index < -0.39 is 18.5 Å². The first-order valence-corrected chi connectivity index (χ1v) is 8.90. The van der Waals surface area contributed by atoms with E-state index in [1.807, 2.05) is 18.2 Å². The molecule has 2 aromatic heterocycles. The van der Waals surface area contributed by atoms with E-state index in [0.29, 0.717) is 10.8 Å². The summed E-state index contributed by atoms with van der Waals surface area (Å²) in [6.07, 6.45) is 1.85. The number of amides is 1. The fraction of sp³-hybridized carbons (Fsp3) is 0.222. The van der Waals surface area contributed by atoms with Crippen LogP contribution in [0.4, 0.5) is 6.01 Å². The zero-order chi connectivity index (χ0) is 18.1. The molecule has 1 aliphatic rings. The van der Waals surface area contributed by atoms with Crippen LogP contribution in [0.25, 0.3) is 10.4 Å². The number of rotatable bonds is 4. The highest BCUT2D eigenvalue weighted by Crippen LogP contribution is 2.39. The van der Waals surface area contributed by atoms with E-state index in [2.05, 4.69) is 27.6 Å². The molecular weight excluding hydrogens is 354 g/mol. The summed E-state index contributed by atoms with van der Waals surface area (Å²) in [5.41, 5.74) is 3.60. The summed E-state index contributed by atoms with van der Waals surface area (Å²) in [6.45, 7) is 1.19. The maximum absolute atomic E-state index is 12.3. The molecule has 132 valence electrons. The maximum atomic E-state index is 12.3. The molecule has 1 amide bonds. The average molecular weight is 369 g/mol. The van der Waals surface area contributed by atoms with Crippen LogP contribution in [0.5, 0.6) is 0 Å². The predicted molar refractivity (Wildman–Crippen MR) is 95.1 cm³/mol. The maximum Gasteiger partial charge on any atom is 0.348 e. The van der Waals surface area contributed by atoms with E-state index in [1.165, 1.54) is 22.5 Å². The standard InChI is InChI=1S/C18H15N3O4S/c1-10-20-21-18(25-10)19-15(22)9-24-17(23)14-8-12-7-6-11-4-2-3-5-13(11)16(12)26-14/h2-5,8H,6-7,9H2,1H3,(H,19,21,22). The van der Waals surface area contributed by atoms with Crippen LogP contribution in [0.15, 0.2) is 34.7 Å². The van der Waals surface area contributed by atoms with Gasteiger partial charge in [-0.3, -0.25) is 10.1 Å².